The molecule has 0 saturated carbocycles. The molecule has 0 spiro atoms. The summed E-state index contributed by atoms with van der Waals surface area (Å²) in [6.07, 6.45) is -3.05. The van der Waals surface area contributed by atoms with Crippen molar-refractivity contribution < 1.29 is 48.1 Å². The lowest BCUT2D eigenvalue weighted by molar-refractivity contribution is -0.137. The number of hydrogen-bond acceptors (Lipinski definition) is 10. The second-order valence-electron chi connectivity index (χ2n) is 8.36. The third-order valence-corrected chi connectivity index (χ3v) is 5.64. The summed E-state index contributed by atoms with van der Waals surface area (Å²) in [6.45, 7) is 3.15. The zero-order valence-electron chi connectivity index (χ0n) is 21.6. The van der Waals surface area contributed by atoms with Crippen LogP contribution in [0.25, 0.3) is 0 Å². The highest BCUT2D eigenvalue weighted by molar-refractivity contribution is 6.11. The van der Waals surface area contributed by atoms with E-state index in [0.29, 0.717) is 10.6 Å². The van der Waals surface area contributed by atoms with Crippen molar-refractivity contribution in [2.24, 2.45) is 0 Å². The summed E-state index contributed by atoms with van der Waals surface area (Å²) in [5.74, 6) is -4.97. The van der Waals surface area contributed by atoms with Crippen molar-refractivity contribution in [1.29, 1.82) is 0 Å². The molecular formula is C25H26N4O10. The van der Waals surface area contributed by atoms with Crippen LogP contribution in [0.15, 0.2) is 42.5 Å². The van der Waals surface area contributed by atoms with Crippen LogP contribution in [-0.4, -0.2) is 66.2 Å². The van der Waals surface area contributed by atoms with Gasteiger partial charge in [-0.15, -0.1) is 0 Å². The molecule has 206 valence electrons. The number of carbonyl (C=O) groups is 6. The summed E-state index contributed by atoms with van der Waals surface area (Å²) >= 11 is 0. The van der Waals surface area contributed by atoms with Gasteiger partial charge in [-0.05, 0) is 36.9 Å². The SMILES string of the molecule is CNC1N(c2ccccc2)C(=O)N(C)C(=O)C1(NC(=O)O)c1cc(OC(C)=O)c(OC(C)=O)c(OC(C)=O)c1. The summed E-state index contributed by atoms with van der Waals surface area (Å²) in [5, 5.41) is 14.9. The van der Waals surface area contributed by atoms with Crippen molar-refractivity contribution in [2.45, 2.75) is 32.5 Å². The van der Waals surface area contributed by atoms with Gasteiger partial charge in [0.1, 0.15) is 6.17 Å². The van der Waals surface area contributed by atoms with Crippen LogP contribution in [0.3, 0.4) is 0 Å². The fourth-order valence-electron chi connectivity index (χ4n) is 4.28. The molecule has 0 radical (unpaired) electrons. The monoisotopic (exact) mass is 542 g/mol. The van der Waals surface area contributed by atoms with Gasteiger partial charge in [0.15, 0.2) is 17.0 Å². The van der Waals surface area contributed by atoms with E-state index in [1.165, 1.54) is 7.05 Å². The number of ether oxygens (including phenoxy) is 3. The highest BCUT2D eigenvalue weighted by Gasteiger charge is 2.59. The number of likely N-dealkylation sites (N-methyl/N-ethyl adjacent to an activating group) is 2. The number of para-hydroxylation sites is 1. The Morgan fingerprint density at radius 2 is 1.41 bits per heavy atom. The van der Waals surface area contributed by atoms with Crippen molar-refractivity contribution in [3.8, 4) is 17.2 Å². The van der Waals surface area contributed by atoms with Gasteiger partial charge in [-0.2, -0.15) is 0 Å². The molecule has 0 bridgehead atoms. The van der Waals surface area contributed by atoms with Crippen LogP contribution >= 0.6 is 0 Å². The highest BCUT2D eigenvalue weighted by atomic mass is 16.6. The van der Waals surface area contributed by atoms with Crippen LogP contribution in [0.2, 0.25) is 0 Å². The standard InChI is InChI=1S/C25H26N4O10/c1-13(30)37-18-11-16(12-19(38-14(2)31)20(18)39-15(3)32)25(27-23(34)35)21(26-4)29(17-9-7-6-8-10-17)24(36)28(5)22(25)33/h6-12,21,26-27H,1-5H3,(H,34,35). The number of carboxylic acid groups (broad SMARTS) is 1. The van der Waals surface area contributed by atoms with E-state index in [2.05, 4.69) is 10.6 Å². The number of imide groups is 1. The number of carbonyl (C=O) groups excluding carboxylic acids is 5. The Bertz CT molecular complexity index is 1310. The van der Waals surface area contributed by atoms with Crippen molar-refractivity contribution in [2.75, 3.05) is 19.0 Å². The Morgan fingerprint density at radius 3 is 1.85 bits per heavy atom. The summed E-state index contributed by atoms with van der Waals surface area (Å²) in [4.78, 5) is 76.9. The zero-order valence-corrected chi connectivity index (χ0v) is 21.6. The Morgan fingerprint density at radius 1 is 0.897 bits per heavy atom. The lowest BCUT2D eigenvalue weighted by Crippen LogP contribution is -2.77. The van der Waals surface area contributed by atoms with Crippen molar-refractivity contribution in [3.63, 3.8) is 0 Å². The zero-order chi connectivity index (χ0) is 29.1. The molecule has 2 aromatic carbocycles. The fourth-order valence-corrected chi connectivity index (χ4v) is 4.28. The molecule has 1 saturated heterocycles. The van der Waals surface area contributed by atoms with Crippen LogP contribution in [-0.2, 0) is 24.7 Å². The van der Waals surface area contributed by atoms with Crippen molar-refractivity contribution >= 4 is 41.6 Å². The first-order valence-electron chi connectivity index (χ1n) is 11.4. The number of urea groups is 1. The average molecular weight is 543 g/mol. The summed E-state index contributed by atoms with van der Waals surface area (Å²) in [7, 11) is 2.57. The number of amides is 4. The molecule has 14 heteroatoms. The van der Waals surface area contributed by atoms with Gasteiger partial charge in [0.2, 0.25) is 5.75 Å². The first kappa shape index (κ1) is 28.6. The first-order valence-corrected chi connectivity index (χ1v) is 11.4. The number of benzene rings is 2. The number of hydrogen-bond donors (Lipinski definition) is 3. The predicted octanol–water partition coefficient (Wildman–Crippen LogP) is 1.57. The fraction of sp³-hybridized carbons (Fsp3) is 0.280. The quantitative estimate of drug-likeness (QED) is 0.341. The van der Waals surface area contributed by atoms with Crippen LogP contribution in [0.5, 0.6) is 17.2 Å². The third kappa shape index (κ3) is 5.50. The molecule has 3 N–H and O–H groups in total. The van der Waals surface area contributed by atoms with Gasteiger partial charge in [0, 0.05) is 33.5 Å². The smallest absolute Gasteiger partial charge is 0.405 e. The van der Waals surface area contributed by atoms with E-state index in [0.717, 1.165) is 44.9 Å². The average Bonchev–Trinajstić information content (AvgIpc) is 2.85. The van der Waals surface area contributed by atoms with E-state index in [9.17, 15) is 33.9 Å². The molecular weight excluding hydrogens is 516 g/mol. The van der Waals surface area contributed by atoms with E-state index in [4.69, 9.17) is 14.2 Å². The number of rotatable bonds is 7. The highest BCUT2D eigenvalue weighted by Crippen LogP contribution is 2.45. The lowest BCUT2D eigenvalue weighted by atomic mass is 9.82. The molecule has 1 aliphatic rings. The lowest BCUT2D eigenvalue weighted by Gasteiger charge is -2.50. The van der Waals surface area contributed by atoms with Crippen LogP contribution in [0.1, 0.15) is 26.3 Å². The molecule has 3 rings (SSSR count). The van der Waals surface area contributed by atoms with Gasteiger partial charge in [-0.3, -0.25) is 39.6 Å². The van der Waals surface area contributed by atoms with Gasteiger partial charge < -0.3 is 19.3 Å². The Kier molecular flexibility index (Phi) is 8.20. The summed E-state index contributed by atoms with van der Waals surface area (Å²) in [6, 6.07) is 9.54. The van der Waals surface area contributed by atoms with E-state index in [1.807, 2.05) is 0 Å². The Hall–Kier alpha value is -4.98. The number of nitrogens with one attached hydrogen (secondary N) is 2. The van der Waals surface area contributed by atoms with E-state index < -0.39 is 64.9 Å². The molecule has 2 unspecified atom stereocenters. The second kappa shape index (κ2) is 11.2. The molecule has 39 heavy (non-hydrogen) atoms. The molecule has 2 atom stereocenters. The molecule has 14 nitrogen and oxygen atoms in total. The minimum Gasteiger partial charge on any atom is -0.465 e. The van der Waals surface area contributed by atoms with Gasteiger partial charge >= 0.3 is 30.0 Å². The van der Waals surface area contributed by atoms with Gasteiger partial charge in [0.05, 0.1) is 0 Å². The van der Waals surface area contributed by atoms with Gasteiger partial charge in [-0.1, -0.05) is 18.2 Å². The molecule has 4 amide bonds. The molecule has 0 aliphatic carbocycles. The van der Waals surface area contributed by atoms with Crippen molar-refractivity contribution in [1.82, 2.24) is 15.5 Å². The number of anilines is 1. The normalized spacial score (nSPS) is 18.8. The summed E-state index contributed by atoms with van der Waals surface area (Å²) in [5.41, 5.74) is -2.20. The minimum absolute atomic E-state index is 0.210. The van der Waals surface area contributed by atoms with Crippen molar-refractivity contribution in [3.05, 3.63) is 48.0 Å². The molecule has 2 aromatic rings. The second-order valence-corrected chi connectivity index (χ2v) is 8.36. The number of esters is 3. The van der Waals surface area contributed by atoms with Gasteiger partial charge in [0.25, 0.3) is 5.91 Å². The largest absolute Gasteiger partial charge is 0.465 e. The molecule has 1 aliphatic heterocycles. The predicted molar refractivity (Wildman–Crippen MR) is 133 cm³/mol. The molecule has 1 heterocycles. The van der Waals surface area contributed by atoms with Crippen LogP contribution < -0.4 is 29.7 Å². The van der Waals surface area contributed by atoms with Gasteiger partial charge in [-0.25, -0.2) is 9.59 Å². The Balaban J connectivity index is 2.44. The maximum absolute atomic E-state index is 13.9. The third-order valence-electron chi connectivity index (χ3n) is 5.64. The topological polar surface area (TPSA) is 181 Å². The molecule has 0 aromatic heterocycles. The Labute approximate surface area is 222 Å². The maximum atomic E-state index is 13.9. The minimum atomic E-state index is -2.31. The van der Waals surface area contributed by atoms with Crippen LogP contribution in [0, 0.1) is 0 Å². The van der Waals surface area contributed by atoms with E-state index >= 15 is 0 Å². The van der Waals surface area contributed by atoms with Crippen LogP contribution in [0.4, 0.5) is 15.3 Å². The number of nitrogens with zero attached hydrogens (tertiary/aromatic N) is 2. The maximum Gasteiger partial charge on any atom is 0.405 e. The molecule has 1 fully saturated rings. The first-order chi connectivity index (χ1) is 18.3. The van der Waals surface area contributed by atoms with E-state index in [-0.39, 0.29) is 5.56 Å². The summed E-state index contributed by atoms with van der Waals surface area (Å²) < 4.78 is 15.5. The van der Waals surface area contributed by atoms with E-state index in [1.54, 1.807) is 30.3 Å².